The standard InChI is InChI=1S/C24H20Cl2FN7OS/c25-16-12-17(26)14-18(13-16)34-21(15-36-24-28-6-3-7-29-24)22(30-31-34)23(35)33-10-8-32(9-11-33)20-5-2-1-4-19(20)27/h1-7,12-14H,8-11,15H2. The first-order valence-corrected chi connectivity index (χ1v) is 12.8. The zero-order chi connectivity index (χ0) is 25.1. The van der Waals surface area contributed by atoms with Crippen LogP contribution in [0.4, 0.5) is 10.1 Å². The number of carbonyl (C=O) groups is 1. The van der Waals surface area contributed by atoms with Crippen LogP contribution in [-0.2, 0) is 5.75 Å². The Bertz CT molecular complexity index is 1360. The van der Waals surface area contributed by atoms with Gasteiger partial charge in [-0.15, -0.1) is 5.10 Å². The molecule has 0 bridgehead atoms. The molecule has 1 saturated heterocycles. The SMILES string of the molecule is O=C(c1nnn(-c2cc(Cl)cc(Cl)c2)c1CSc1ncccn1)N1CCN(c2ccccc2F)CC1. The molecule has 36 heavy (non-hydrogen) atoms. The highest BCUT2D eigenvalue weighted by atomic mass is 35.5. The van der Waals surface area contributed by atoms with Crippen LogP contribution in [0.5, 0.6) is 0 Å². The van der Waals surface area contributed by atoms with Crippen molar-refractivity contribution in [2.45, 2.75) is 10.9 Å². The van der Waals surface area contributed by atoms with E-state index in [1.54, 1.807) is 64.4 Å². The highest BCUT2D eigenvalue weighted by Crippen LogP contribution is 2.27. The second-order valence-corrected chi connectivity index (χ2v) is 9.79. The molecule has 184 valence electrons. The molecule has 1 aliphatic rings. The van der Waals surface area contributed by atoms with Crippen molar-refractivity contribution in [1.82, 2.24) is 29.9 Å². The van der Waals surface area contributed by atoms with Crippen molar-refractivity contribution >= 4 is 46.6 Å². The van der Waals surface area contributed by atoms with Crippen LogP contribution in [-0.4, -0.2) is 61.9 Å². The van der Waals surface area contributed by atoms with Crippen molar-refractivity contribution in [3.8, 4) is 5.69 Å². The molecule has 3 heterocycles. The van der Waals surface area contributed by atoms with Gasteiger partial charge in [0.2, 0.25) is 0 Å². The Kier molecular flexibility index (Phi) is 7.35. The van der Waals surface area contributed by atoms with Crippen molar-refractivity contribution < 1.29 is 9.18 Å². The van der Waals surface area contributed by atoms with E-state index in [2.05, 4.69) is 20.3 Å². The lowest BCUT2D eigenvalue weighted by molar-refractivity contribution is 0.0739. The van der Waals surface area contributed by atoms with E-state index in [-0.39, 0.29) is 17.4 Å². The summed E-state index contributed by atoms with van der Waals surface area (Å²) in [6, 6.07) is 13.4. The van der Waals surface area contributed by atoms with Gasteiger partial charge in [-0.25, -0.2) is 19.0 Å². The number of hydrogen-bond acceptors (Lipinski definition) is 7. The van der Waals surface area contributed by atoms with Crippen molar-refractivity contribution in [2.75, 3.05) is 31.1 Å². The largest absolute Gasteiger partial charge is 0.366 e. The van der Waals surface area contributed by atoms with E-state index in [0.29, 0.717) is 64.2 Å². The van der Waals surface area contributed by atoms with E-state index < -0.39 is 0 Å². The lowest BCUT2D eigenvalue weighted by Gasteiger charge is -2.36. The summed E-state index contributed by atoms with van der Waals surface area (Å²) in [6.07, 6.45) is 3.31. The third kappa shape index (κ3) is 5.30. The Labute approximate surface area is 221 Å². The molecule has 12 heteroatoms. The summed E-state index contributed by atoms with van der Waals surface area (Å²) in [7, 11) is 0. The lowest BCUT2D eigenvalue weighted by atomic mass is 10.2. The van der Waals surface area contributed by atoms with E-state index in [9.17, 15) is 9.18 Å². The van der Waals surface area contributed by atoms with Crippen LogP contribution in [0.1, 0.15) is 16.2 Å². The zero-order valence-corrected chi connectivity index (χ0v) is 21.2. The lowest BCUT2D eigenvalue weighted by Crippen LogP contribution is -2.49. The fourth-order valence-electron chi connectivity index (χ4n) is 3.97. The minimum Gasteiger partial charge on any atom is -0.366 e. The molecule has 0 spiro atoms. The number of benzene rings is 2. The highest BCUT2D eigenvalue weighted by Gasteiger charge is 2.29. The molecule has 0 unspecified atom stereocenters. The van der Waals surface area contributed by atoms with Crippen LogP contribution in [0, 0.1) is 5.82 Å². The van der Waals surface area contributed by atoms with Gasteiger partial charge in [-0.1, -0.05) is 52.3 Å². The number of rotatable bonds is 6. The third-order valence-corrected chi connectivity index (χ3v) is 7.02. The first-order chi connectivity index (χ1) is 17.5. The summed E-state index contributed by atoms with van der Waals surface area (Å²) in [6.45, 7) is 1.87. The van der Waals surface area contributed by atoms with Gasteiger partial charge in [0.1, 0.15) is 5.82 Å². The molecule has 1 aliphatic heterocycles. The molecule has 2 aromatic heterocycles. The second kappa shape index (κ2) is 10.8. The molecular formula is C24H20Cl2FN7OS. The molecule has 0 atom stereocenters. The molecule has 5 rings (SSSR count). The van der Waals surface area contributed by atoms with E-state index in [1.807, 2.05) is 4.90 Å². The quantitative estimate of drug-likeness (QED) is 0.256. The number of para-hydroxylation sites is 1. The van der Waals surface area contributed by atoms with E-state index in [4.69, 9.17) is 23.2 Å². The third-order valence-electron chi connectivity index (χ3n) is 5.70. The van der Waals surface area contributed by atoms with Gasteiger partial charge >= 0.3 is 0 Å². The van der Waals surface area contributed by atoms with Crippen LogP contribution in [0.3, 0.4) is 0 Å². The Morgan fingerprint density at radius 2 is 1.67 bits per heavy atom. The van der Waals surface area contributed by atoms with Gasteiger partial charge in [-0.05, 0) is 36.4 Å². The number of carbonyl (C=O) groups excluding carboxylic acids is 1. The number of amides is 1. The van der Waals surface area contributed by atoms with Crippen molar-refractivity contribution in [2.24, 2.45) is 0 Å². The minimum absolute atomic E-state index is 0.230. The Hall–Kier alpha value is -3.21. The van der Waals surface area contributed by atoms with E-state index in [1.165, 1.54) is 17.8 Å². The van der Waals surface area contributed by atoms with Crippen molar-refractivity contribution in [3.05, 3.63) is 88.2 Å². The van der Waals surface area contributed by atoms with Crippen LogP contribution in [0.2, 0.25) is 10.0 Å². The topological polar surface area (TPSA) is 80.0 Å². The molecule has 1 fully saturated rings. The molecule has 0 N–H and O–H groups in total. The second-order valence-electron chi connectivity index (χ2n) is 7.97. The molecule has 8 nitrogen and oxygen atoms in total. The summed E-state index contributed by atoms with van der Waals surface area (Å²) >= 11 is 13.8. The number of hydrogen-bond donors (Lipinski definition) is 0. The molecule has 2 aromatic carbocycles. The fourth-order valence-corrected chi connectivity index (χ4v) is 5.28. The van der Waals surface area contributed by atoms with Crippen molar-refractivity contribution in [3.63, 3.8) is 0 Å². The average Bonchev–Trinajstić information content (AvgIpc) is 3.31. The van der Waals surface area contributed by atoms with Gasteiger partial charge in [0, 0.05) is 54.4 Å². The van der Waals surface area contributed by atoms with Crippen LogP contribution in [0.15, 0.2) is 66.1 Å². The number of halogens is 3. The van der Waals surface area contributed by atoms with Crippen molar-refractivity contribution in [1.29, 1.82) is 0 Å². The molecular weight excluding hydrogens is 524 g/mol. The van der Waals surface area contributed by atoms with E-state index in [0.717, 1.165) is 0 Å². The number of nitrogens with zero attached hydrogens (tertiary/aromatic N) is 7. The number of thioether (sulfide) groups is 1. The summed E-state index contributed by atoms with van der Waals surface area (Å²) in [5.41, 5.74) is 1.93. The Morgan fingerprint density at radius 3 is 2.36 bits per heavy atom. The van der Waals surface area contributed by atoms with Gasteiger partial charge in [0.25, 0.3) is 5.91 Å². The fraction of sp³-hybridized carbons (Fsp3) is 0.208. The predicted octanol–water partition coefficient (Wildman–Crippen LogP) is 4.76. The number of piperazine rings is 1. The Morgan fingerprint density at radius 1 is 0.972 bits per heavy atom. The van der Waals surface area contributed by atoms with Gasteiger partial charge in [-0.2, -0.15) is 0 Å². The first-order valence-electron chi connectivity index (χ1n) is 11.1. The predicted molar refractivity (Wildman–Crippen MR) is 137 cm³/mol. The maximum Gasteiger partial charge on any atom is 0.276 e. The summed E-state index contributed by atoms with van der Waals surface area (Å²) in [5, 5.41) is 9.94. The highest BCUT2D eigenvalue weighted by molar-refractivity contribution is 7.98. The summed E-state index contributed by atoms with van der Waals surface area (Å²) < 4.78 is 15.8. The van der Waals surface area contributed by atoms with Crippen LogP contribution >= 0.6 is 35.0 Å². The average molecular weight is 544 g/mol. The van der Waals surface area contributed by atoms with E-state index >= 15 is 0 Å². The molecule has 0 saturated carbocycles. The normalized spacial score (nSPS) is 13.8. The van der Waals surface area contributed by atoms with Crippen LogP contribution in [0.25, 0.3) is 5.69 Å². The van der Waals surface area contributed by atoms with Gasteiger partial charge in [0.15, 0.2) is 10.9 Å². The number of anilines is 1. The Balaban J connectivity index is 1.40. The van der Waals surface area contributed by atoms with Gasteiger partial charge in [-0.3, -0.25) is 4.79 Å². The van der Waals surface area contributed by atoms with Gasteiger partial charge in [0.05, 0.1) is 17.1 Å². The first kappa shape index (κ1) is 24.5. The number of aromatic nitrogens is 5. The van der Waals surface area contributed by atoms with Crippen LogP contribution < -0.4 is 4.90 Å². The maximum atomic E-state index is 14.2. The summed E-state index contributed by atoms with van der Waals surface area (Å²) in [4.78, 5) is 25.7. The smallest absolute Gasteiger partial charge is 0.276 e. The molecule has 0 aliphatic carbocycles. The zero-order valence-electron chi connectivity index (χ0n) is 18.9. The summed E-state index contributed by atoms with van der Waals surface area (Å²) in [5.74, 6) is -0.174. The minimum atomic E-state index is -0.275. The monoisotopic (exact) mass is 543 g/mol. The van der Waals surface area contributed by atoms with Gasteiger partial charge < -0.3 is 9.80 Å². The molecule has 0 radical (unpaired) electrons. The molecule has 1 amide bonds. The molecule has 4 aromatic rings. The maximum absolute atomic E-state index is 14.2.